The van der Waals surface area contributed by atoms with Gasteiger partial charge in [0, 0.05) is 10.6 Å². The fraction of sp³-hybridized carbons (Fsp3) is 0.500. The Bertz CT molecular complexity index is 516. The van der Waals surface area contributed by atoms with Gasteiger partial charge in [-0.2, -0.15) is 0 Å². The van der Waals surface area contributed by atoms with E-state index >= 15 is 0 Å². The highest BCUT2D eigenvalue weighted by Crippen LogP contribution is 2.38. The molecule has 0 atom stereocenters. The number of hydrogen-bond donors (Lipinski definition) is 0. The van der Waals surface area contributed by atoms with Gasteiger partial charge in [-0.1, -0.05) is 39.0 Å². The summed E-state index contributed by atoms with van der Waals surface area (Å²) >= 11 is 1.76. The van der Waals surface area contributed by atoms with Gasteiger partial charge >= 0.3 is 0 Å². The van der Waals surface area contributed by atoms with Crippen LogP contribution >= 0.6 is 11.8 Å². The molecule has 0 N–H and O–H groups in total. The molecule has 1 rings (SSSR count). The van der Waals surface area contributed by atoms with Crippen molar-refractivity contribution in [3.8, 4) is 0 Å². The van der Waals surface area contributed by atoms with Gasteiger partial charge in [0.15, 0.2) is 0 Å². The van der Waals surface area contributed by atoms with Crippen molar-refractivity contribution in [1.29, 1.82) is 0 Å². The molecule has 0 saturated heterocycles. The van der Waals surface area contributed by atoms with Crippen molar-refractivity contribution >= 4 is 25.9 Å². The van der Waals surface area contributed by atoms with Gasteiger partial charge in [0.25, 0.3) is 0 Å². The fourth-order valence-corrected chi connectivity index (χ4v) is 3.55. The molecule has 0 heterocycles. The van der Waals surface area contributed by atoms with E-state index in [9.17, 15) is 4.79 Å². The zero-order valence-electron chi connectivity index (χ0n) is 14.6. The third-order valence-corrected chi connectivity index (χ3v) is 9.24. The summed E-state index contributed by atoms with van der Waals surface area (Å²) in [6.45, 7) is 12.7. The van der Waals surface area contributed by atoms with E-state index < -0.39 is 8.32 Å². The lowest BCUT2D eigenvalue weighted by Gasteiger charge is -2.37. The summed E-state index contributed by atoms with van der Waals surface area (Å²) in [6.07, 6.45) is 2.46. The maximum Gasteiger partial charge on any atom is 0.250 e. The van der Waals surface area contributed by atoms with Crippen LogP contribution < -0.4 is 0 Å². The van der Waals surface area contributed by atoms with Crippen LogP contribution in [-0.2, 0) is 9.22 Å². The molecule has 0 amide bonds. The zero-order valence-corrected chi connectivity index (χ0v) is 16.4. The van der Waals surface area contributed by atoms with E-state index in [0.717, 1.165) is 11.5 Å². The molecule has 0 bridgehead atoms. The van der Waals surface area contributed by atoms with Crippen LogP contribution in [0.2, 0.25) is 18.1 Å². The molecular formula is C18H28O2SSi. The monoisotopic (exact) mass is 336 g/mol. The van der Waals surface area contributed by atoms with E-state index in [1.165, 1.54) is 4.90 Å². The van der Waals surface area contributed by atoms with Crippen molar-refractivity contribution in [3.63, 3.8) is 0 Å². The molecule has 0 radical (unpaired) electrons. The number of carbonyl (C=O) groups excluding carboxylic acids is 1. The second kappa shape index (κ2) is 8.02. The highest BCUT2D eigenvalue weighted by atomic mass is 32.2. The van der Waals surface area contributed by atoms with Crippen molar-refractivity contribution in [3.05, 3.63) is 42.2 Å². The average molecular weight is 337 g/mol. The molecule has 0 unspecified atom stereocenters. The number of Topliss-reactive ketones (excluding diaryl/α,β-unsaturated/α-hetero) is 1. The average Bonchev–Trinajstić information content (AvgIpc) is 2.37. The van der Waals surface area contributed by atoms with Gasteiger partial charge in [-0.3, -0.25) is 4.79 Å². The Morgan fingerprint density at radius 2 is 1.82 bits per heavy atom. The highest BCUT2D eigenvalue weighted by molar-refractivity contribution is 7.99. The molecule has 122 valence electrons. The lowest BCUT2D eigenvalue weighted by molar-refractivity contribution is -0.116. The molecule has 4 heteroatoms. The van der Waals surface area contributed by atoms with Gasteiger partial charge in [-0.05, 0) is 43.3 Å². The maximum atomic E-state index is 11.5. The molecule has 0 fully saturated rings. The first-order valence-electron chi connectivity index (χ1n) is 7.67. The number of benzene rings is 1. The third kappa shape index (κ3) is 6.40. The second-order valence-corrected chi connectivity index (χ2v) is 12.9. The summed E-state index contributed by atoms with van der Waals surface area (Å²) in [5.41, 5.74) is 0. The molecule has 0 saturated carbocycles. The predicted octanol–water partition coefficient (Wildman–Crippen LogP) is 5.66. The molecule has 1 aromatic rings. The van der Waals surface area contributed by atoms with E-state index in [1.807, 2.05) is 18.2 Å². The van der Waals surface area contributed by atoms with Gasteiger partial charge < -0.3 is 4.43 Å². The topological polar surface area (TPSA) is 26.3 Å². The third-order valence-electron chi connectivity index (χ3n) is 3.92. The quantitative estimate of drug-likeness (QED) is 0.365. The molecule has 0 spiro atoms. The van der Waals surface area contributed by atoms with E-state index in [2.05, 4.69) is 52.1 Å². The summed E-state index contributed by atoms with van der Waals surface area (Å²) in [7, 11) is -1.89. The van der Waals surface area contributed by atoms with E-state index in [0.29, 0.717) is 6.42 Å². The Hall–Kier alpha value is -1.00. The van der Waals surface area contributed by atoms with Crippen molar-refractivity contribution < 1.29 is 9.22 Å². The van der Waals surface area contributed by atoms with E-state index in [4.69, 9.17) is 4.43 Å². The Balaban J connectivity index is 2.75. The molecule has 22 heavy (non-hydrogen) atoms. The van der Waals surface area contributed by atoms with Gasteiger partial charge in [-0.15, -0.1) is 11.8 Å². The number of thioether (sulfide) groups is 1. The molecule has 1 aromatic carbocycles. The van der Waals surface area contributed by atoms with Crippen LogP contribution in [0.4, 0.5) is 0 Å². The smallest absolute Gasteiger partial charge is 0.250 e. The van der Waals surface area contributed by atoms with Gasteiger partial charge in [-0.25, -0.2) is 0 Å². The Labute approximate surface area is 140 Å². The minimum Gasteiger partial charge on any atom is -0.546 e. The minimum atomic E-state index is -1.89. The van der Waals surface area contributed by atoms with Gasteiger partial charge in [0.05, 0.1) is 12.2 Å². The highest BCUT2D eigenvalue weighted by Gasteiger charge is 2.39. The number of hydrogen-bond acceptors (Lipinski definition) is 3. The SMILES string of the molecule is CC(=O)C/C(=C\CSc1ccccc1)O[Si](C)(C)C(C)(C)C. The maximum absolute atomic E-state index is 11.5. The van der Waals surface area contributed by atoms with E-state index in [1.54, 1.807) is 18.7 Å². The van der Waals surface area contributed by atoms with Crippen LogP contribution in [0, 0.1) is 0 Å². The first kappa shape index (κ1) is 19.0. The molecule has 0 aliphatic rings. The van der Waals surface area contributed by atoms with Crippen LogP contribution in [0.15, 0.2) is 47.1 Å². The Morgan fingerprint density at radius 1 is 1.23 bits per heavy atom. The van der Waals surface area contributed by atoms with Crippen LogP contribution in [-0.4, -0.2) is 19.9 Å². The lowest BCUT2D eigenvalue weighted by Crippen LogP contribution is -2.40. The zero-order chi connectivity index (χ0) is 16.8. The normalized spacial score (nSPS) is 13.1. The van der Waals surface area contributed by atoms with Gasteiger partial charge in [0.1, 0.15) is 5.78 Å². The van der Waals surface area contributed by atoms with E-state index in [-0.39, 0.29) is 10.8 Å². The Kier molecular flexibility index (Phi) is 6.94. The van der Waals surface area contributed by atoms with Crippen LogP contribution in [0.25, 0.3) is 0 Å². The minimum absolute atomic E-state index is 0.134. The summed E-state index contributed by atoms with van der Waals surface area (Å²) in [4.78, 5) is 12.7. The standard InChI is InChI=1S/C18H28O2SSi/c1-15(19)14-16(20-22(5,6)18(2,3)4)12-13-21-17-10-8-7-9-11-17/h7-12H,13-14H2,1-6H3/b16-12+. The van der Waals surface area contributed by atoms with Crippen LogP contribution in [0.5, 0.6) is 0 Å². The molecule has 2 nitrogen and oxygen atoms in total. The Morgan fingerprint density at radius 3 is 2.32 bits per heavy atom. The number of allylic oxidation sites excluding steroid dienone is 1. The molecule has 0 aliphatic heterocycles. The summed E-state index contributed by atoms with van der Waals surface area (Å²) < 4.78 is 6.32. The lowest BCUT2D eigenvalue weighted by atomic mass is 10.2. The molecule has 0 aliphatic carbocycles. The van der Waals surface area contributed by atoms with Crippen molar-refractivity contribution in [2.45, 2.75) is 57.1 Å². The van der Waals surface area contributed by atoms with Crippen molar-refractivity contribution in [2.24, 2.45) is 0 Å². The van der Waals surface area contributed by atoms with Crippen LogP contribution in [0.1, 0.15) is 34.1 Å². The first-order valence-corrected chi connectivity index (χ1v) is 11.6. The largest absolute Gasteiger partial charge is 0.546 e. The summed E-state index contributed by atoms with van der Waals surface area (Å²) in [5.74, 6) is 1.80. The van der Waals surface area contributed by atoms with Crippen molar-refractivity contribution in [1.82, 2.24) is 0 Å². The van der Waals surface area contributed by atoms with Crippen molar-refractivity contribution in [2.75, 3.05) is 5.75 Å². The predicted molar refractivity (Wildman–Crippen MR) is 98.8 cm³/mol. The van der Waals surface area contributed by atoms with Gasteiger partial charge in [0.2, 0.25) is 8.32 Å². The first-order chi connectivity index (χ1) is 10.1. The molecule has 0 aromatic heterocycles. The number of ketones is 1. The number of carbonyl (C=O) groups is 1. The fourth-order valence-electron chi connectivity index (χ4n) is 1.62. The summed E-state index contributed by atoms with van der Waals surface area (Å²) in [6, 6.07) is 10.3. The second-order valence-electron chi connectivity index (χ2n) is 7.04. The number of rotatable bonds is 7. The molecular weight excluding hydrogens is 308 g/mol. The summed E-state index contributed by atoms with van der Waals surface area (Å²) in [5, 5.41) is 0.134. The van der Waals surface area contributed by atoms with Crippen LogP contribution in [0.3, 0.4) is 0 Å².